The first kappa shape index (κ1) is 21.3. The van der Waals surface area contributed by atoms with Crippen LogP contribution in [0.5, 0.6) is 0 Å². The molecule has 2 aromatic rings. The molecule has 0 radical (unpaired) electrons. The number of hydrogen-bond acceptors (Lipinski definition) is 4. The van der Waals surface area contributed by atoms with Crippen molar-refractivity contribution in [1.82, 2.24) is 5.32 Å². The van der Waals surface area contributed by atoms with Gasteiger partial charge in [-0.15, -0.1) is 11.3 Å². The molecule has 1 unspecified atom stereocenters. The summed E-state index contributed by atoms with van der Waals surface area (Å²) in [4.78, 5) is 25.1. The minimum absolute atomic E-state index is 0.117. The minimum Gasteiger partial charge on any atom is -0.444 e. The smallest absolute Gasteiger partial charge is 0.408 e. The van der Waals surface area contributed by atoms with Gasteiger partial charge in [0.1, 0.15) is 17.2 Å². The molecule has 2 rings (SSSR count). The summed E-state index contributed by atoms with van der Waals surface area (Å²) in [6.07, 6.45) is -0.722. The van der Waals surface area contributed by atoms with Crippen LogP contribution >= 0.6 is 22.9 Å². The Balaban J connectivity index is 2.14. The normalized spacial score (nSPS) is 12.5. The van der Waals surface area contributed by atoms with E-state index in [9.17, 15) is 18.4 Å². The number of halogens is 3. The second kappa shape index (κ2) is 8.80. The van der Waals surface area contributed by atoms with Gasteiger partial charge in [-0.05, 0) is 50.8 Å². The largest absolute Gasteiger partial charge is 0.444 e. The average molecular weight is 416 g/mol. The molecule has 0 fully saturated rings. The predicted octanol–water partition coefficient (Wildman–Crippen LogP) is 5.91. The Labute approximate surface area is 165 Å². The first-order valence-corrected chi connectivity index (χ1v) is 9.54. The average Bonchev–Trinajstić information content (AvgIpc) is 2.95. The Morgan fingerprint density at radius 1 is 1.22 bits per heavy atom. The highest BCUT2D eigenvalue weighted by Crippen LogP contribution is 2.32. The van der Waals surface area contributed by atoms with Crippen molar-refractivity contribution in [3.8, 4) is 0 Å². The van der Waals surface area contributed by atoms with Gasteiger partial charge in [0, 0.05) is 11.3 Å². The Kier molecular flexibility index (Phi) is 6.95. The molecule has 1 N–H and O–H groups in total. The van der Waals surface area contributed by atoms with E-state index in [0.29, 0.717) is 9.90 Å². The van der Waals surface area contributed by atoms with Gasteiger partial charge in [-0.25, -0.2) is 13.6 Å². The van der Waals surface area contributed by atoms with Crippen LogP contribution < -0.4 is 5.32 Å². The first-order chi connectivity index (χ1) is 12.6. The van der Waals surface area contributed by atoms with Crippen molar-refractivity contribution >= 4 is 34.8 Å². The van der Waals surface area contributed by atoms with Gasteiger partial charge < -0.3 is 10.1 Å². The number of hydrogen-bond donors (Lipinski definition) is 1. The van der Waals surface area contributed by atoms with Crippen molar-refractivity contribution in [3.63, 3.8) is 0 Å². The second-order valence-electron chi connectivity index (χ2n) is 6.89. The van der Waals surface area contributed by atoms with Gasteiger partial charge in [0.05, 0.1) is 16.6 Å². The maximum atomic E-state index is 13.8. The van der Waals surface area contributed by atoms with Crippen molar-refractivity contribution < 1.29 is 23.1 Å². The molecule has 1 aromatic carbocycles. The summed E-state index contributed by atoms with van der Waals surface area (Å²) < 4.78 is 32.8. The molecule has 4 nitrogen and oxygen atoms in total. The van der Waals surface area contributed by atoms with Gasteiger partial charge in [0.25, 0.3) is 0 Å². The van der Waals surface area contributed by atoms with E-state index in [0.717, 1.165) is 12.1 Å². The molecule has 1 aromatic heterocycles. The molecule has 0 aliphatic carbocycles. The number of carbonyl (C=O) groups is 2. The SMILES string of the molecule is CC(C)(C)OC(=O)NC(CCC(=O)c1c(F)cccc1F)c1sccc1Cl. The molecule has 1 heterocycles. The Bertz CT molecular complexity index is 812. The highest BCUT2D eigenvalue weighted by atomic mass is 35.5. The van der Waals surface area contributed by atoms with Gasteiger partial charge in [-0.2, -0.15) is 0 Å². The number of ether oxygens (including phenoxy) is 1. The number of alkyl carbamates (subject to hydrolysis) is 1. The van der Waals surface area contributed by atoms with Crippen LogP contribution in [0.4, 0.5) is 13.6 Å². The summed E-state index contributed by atoms with van der Waals surface area (Å²) in [6, 6.07) is 4.31. The van der Waals surface area contributed by atoms with Crippen molar-refractivity contribution in [2.75, 3.05) is 0 Å². The molecule has 0 saturated carbocycles. The Morgan fingerprint density at radius 2 is 1.85 bits per heavy atom. The highest BCUT2D eigenvalue weighted by Gasteiger charge is 2.25. The number of Topliss-reactive ketones (excluding diaryl/α,β-unsaturated/α-hetero) is 1. The number of ketones is 1. The Morgan fingerprint density at radius 3 is 2.37 bits per heavy atom. The predicted molar refractivity (Wildman–Crippen MR) is 101 cm³/mol. The summed E-state index contributed by atoms with van der Waals surface area (Å²) in [5.74, 6) is -2.51. The van der Waals surface area contributed by atoms with E-state index in [4.69, 9.17) is 16.3 Å². The molecular weight excluding hydrogens is 396 g/mol. The standard InChI is InChI=1S/C19H20ClF2NO3S/c1-19(2,3)26-18(25)23-14(17-11(20)9-10-27-17)7-8-15(24)16-12(21)5-4-6-13(16)22/h4-6,9-10,14H,7-8H2,1-3H3,(H,23,25). The van der Waals surface area contributed by atoms with Gasteiger partial charge in [0.15, 0.2) is 5.78 Å². The lowest BCUT2D eigenvalue weighted by Gasteiger charge is -2.23. The molecule has 1 atom stereocenters. The first-order valence-electron chi connectivity index (χ1n) is 8.28. The van der Waals surface area contributed by atoms with Crippen LogP contribution in [-0.2, 0) is 4.74 Å². The number of benzene rings is 1. The van der Waals surface area contributed by atoms with E-state index in [1.807, 2.05) is 0 Å². The quantitative estimate of drug-likeness (QED) is 0.597. The molecule has 8 heteroatoms. The van der Waals surface area contributed by atoms with Crippen LogP contribution in [0, 0.1) is 11.6 Å². The zero-order chi connectivity index (χ0) is 20.2. The Hall–Kier alpha value is -1.99. The number of thiophene rings is 1. The fourth-order valence-electron chi connectivity index (χ4n) is 2.44. The topological polar surface area (TPSA) is 55.4 Å². The molecule has 0 spiro atoms. The van der Waals surface area contributed by atoms with E-state index in [-0.39, 0.29) is 12.8 Å². The number of carbonyl (C=O) groups excluding carboxylic acids is 2. The lowest BCUT2D eigenvalue weighted by molar-refractivity contribution is 0.0499. The summed E-state index contributed by atoms with van der Waals surface area (Å²) in [6.45, 7) is 5.18. The van der Waals surface area contributed by atoms with E-state index in [1.165, 1.54) is 17.4 Å². The maximum Gasteiger partial charge on any atom is 0.408 e. The second-order valence-corrected chi connectivity index (χ2v) is 8.25. The summed E-state index contributed by atoms with van der Waals surface area (Å²) in [5.41, 5.74) is -1.27. The zero-order valence-corrected chi connectivity index (χ0v) is 16.7. The van der Waals surface area contributed by atoms with Crippen molar-refractivity contribution in [3.05, 3.63) is 56.7 Å². The third kappa shape index (κ3) is 6.01. The monoisotopic (exact) mass is 415 g/mol. The van der Waals surface area contributed by atoms with Crippen LogP contribution in [-0.4, -0.2) is 17.5 Å². The molecule has 27 heavy (non-hydrogen) atoms. The van der Waals surface area contributed by atoms with E-state index in [1.54, 1.807) is 32.2 Å². The third-order valence-electron chi connectivity index (χ3n) is 3.55. The highest BCUT2D eigenvalue weighted by molar-refractivity contribution is 7.10. The minimum atomic E-state index is -0.911. The zero-order valence-electron chi connectivity index (χ0n) is 15.1. The van der Waals surface area contributed by atoms with Crippen LogP contribution in [0.2, 0.25) is 5.02 Å². The molecule has 0 aliphatic heterocycles. The molecular formula is C19H20ClF2NO3S. The van der Waals surface area contributed by atoms with Crippen molar-refractivity contribution in [2.45, 2.75) is 45.3 Å². The van der Waals surface area contributed by atoms with Crippen LogP contribution in [0.15, 0.2) is 29.6 Å². The van der Waals surface area contributed by atoms with Gasteiger partial charge in [0.2, 0.25) is 0 Å². The van der Waals surface area contributed by atoms with Crippen molar-refractivity contribution in [2.24, 2.45) is 0 Å². The van der Waals surface area contributed by atoms with E-state index >= 15 is 0 Å². The molecule has 0 bridgehead atoms. The van der Waals surface area contributed by atoms with Gasteiger partial charge in [-0.1, -0.05) is 17.7 Å². The van der Waals surface area contributed by atoms with Crippen molar-refractivity contribution in [1.29, 1.82) is 0 Å². The summed E-state index contributed by atoms with van der Waals surface area (Å²) >= 11 is 7.46. The van der Waals surface area contributed by atoms with E-state index < -0.39 is 40.7 Å². The lowest BCUT2D eigenvalue weighted by Crippen LogP contribution is -2.35. The number of nitrogens with one attached hydrogen (secondary N) is 1. The summed E-state index contributed by atoms with van der Waals surface area (Å²) in [7, 11) is 0. The van der Waals surface area contributed by atoms with Gasteiger partial charge >= 0.3 is 6.09 Å². The summed E-state index contributed by atoms with van der Waals surface area (Å²) in [5, 5.41) is 4.86. The fourth-order valence-corrected chi connectivity index (χ4v) is 3.71. The number of rotatable bonds is 6. The van der Waals surface area contributed by atoms with Crippen LogP contribution in [0.1, 0.15) is 54.9 Å². The fraction of sp³-hybridized carbons (Fsp3) is 0.368. The lowest BCUT2D eigenvalue weighted by atomic mass is 10.0. The molecule has 0 saturated heterocycles. The maximum absolute atomic E-state index is 13.8. The molecule has 146 valence electrons. The molecule has 1 amide bonds. The van der Waals surface area contributed by atoms with Crippen LogP contribution in [0.25, 0.3) is 0 Å². The molecule has 0 aliphatic rings. The van der Waals surface area contributed by atoms with Gasteiger partial charge in [-0.3, -0.25) is 4.79 Å². The van der Waals surface area contributed by atoms with Crippen LogP contribution in [0.3, 0.4) is 0 Å². The third-order valence-corrected chi connectivity index (χ3v) is 5.03. The number of amides is 1. The van der Waals surface area contributed by atoms with E-state index in [2.05, 4.69) is 5.32 Å².